The van der Waals surface area contributed by atoms with Crippen molar-refractivity contribution in [3.8, 4) is 0 Å². The molecule has 3 aliphatic rings. The van der Waals surface area contributed by atoms with Crippen LogP contribution in [-0.2, 0) is 20.8 Å². The van der Waals surface area contributed by atoms with Crippen molar-refractivity contribution in [3.05, 3.63) is 35.9 Å². The van der Waals surface area contributed by atoms with E-state index in [-0.39, 0.29) is 17.3 Å². The fraction of sp³-hybridized carbons (Fsp3) is 0.625. The fourth-order valence-electron chi connectivity index (χ4n) is 4.79. The molecule has 1 aromatic heterocycles. The largest absolute Gasteiger partial charge is 0.378 e. The zero-order valence-electron chi connectivity index (χ0n) is 19.1. The molecule has 178 valence electrons. The van der Waals surface area contributed by atoms with Gasteiger partial charge >= 0.3 is 0 Å². The number of carbonyl (C=O) groups is 1. The molecule has 0 radical (unpaired) electrons. The van der Waals surface area contributed by atoms with Gasteiger partial charge in [0.2, 0.25) is 11.9 Å². The topological polar surface area (TPSA) is 72.7 Å². The minimum Gasteiger partial charge on any atom is -0.378 e. The molecule has 3 saturated heterocycles. The molecule has 0 spiro atoms. The average molecular weight is 472 g/mol. The molecule has 9 heteroatoms. The van der Waals surface area contributed by atoms with Crippen molar-refractivity contribution >= 4 is 23.6 Å². The van der Waals surface area contributed by atoms with Crippen LogP contribution in [0.25, 0.3) is 0 Å². The summed E-state index contributed by atoms with van der Waals surface area (Å²) in [5, 5.41) is 9.65. The van der Waals surface area contributed by atoms with Gasteiger partial charge in [0.05, 0.1) is 25.9 Å². The molecule has 3 fully saturated rings. The standard InChI is InChI=1S/C24H33N5O3S/c30-22(27-13-16-31-17-14-27)21(19-8-3-1-4-9-19)33-24-26-25-23(28-11-5-2-6-12-28)29(24)18-20-10-7-15-32-20/h1,3-4,8-9,20-21H,2,5-7,10-18H2. The van der Waals surface area contributed by atoms with E-state index in [0.717, 1.165) is 55.8 Å². The Morgan fingerprint density at radius 3 is 2.52 bits per heavy atom. The third-order valence-corrected chi connectivity index (χ3v) is 7.84. The van der Waals surface area contributed by atoms with E-state index in [1.807, 2.05) is 35.2 Å². The van der Waals surface area contributed by atoms with Crippen molar-refractivity contribution in [2.75, 3.05) is 50.9 Å². The summed E-state index contributed by atoms with van der Waals surface area (Å²) >= 11 is 1.51. The van der Waals surface area contributed by atoms with Gasteiger partial charge in [-0.1, -0.05) is 42.1 Å². The predicted molar refractivity (Wildman–Crippen MR) is 127 cm³/mol. The molecule has 2 aromatic rings. The summed E-state index contributed by atoms with van der Waals surface area (Å²) in [6.45, 7) is 5.99. The number of amides is 1. The monoisotopic (exact) mass is 471 g/mol. The first-order chi connectivity index (χ1) is 16.3. The first-order valence-corrected chi connectivity index (χ1v) is 13.1. The maximum atomic E-state index is 13.6. The third kappa shape index (κ3) is 5.36. The first kappa shape index (κ1) is 22.7. The Balaban J connectivity index is 1.44. The highest BCUT2D eigenvalue weighted by Crippen LogP contribution is 2.38. The van der Waals surface area contributed by atoms with E-state index < -0.39 is 0 Å². The van der Waals surface area contributed by atoms with Crippen molar-refractivity contribution in [2.45, 2.75) is 55.2 Å². The summed E-state index contributed by atoms with van der Waals surface area (Å²) in [5.41, 5.74) is 0.991. The van der Waals surface area contributed by atoms with Gasteiger partial charge in [-0.15, -0.1) is 10.2 Å². The van der Waals surface area contributed by atoms with Gasteiger partial charge in [-0.3, -0.25) is 9.36 Å². The SMILES string of the molecule is O=C(C(Sc1nnc(N2CCCCC2)n1CC1CCCO1)c1ccccc1)N1CCOCC1. The lowest BCUT2D eigenvalue weighted by Gasteiger charge is -2.31. The molecule has 0 bridgehead atoms. The van der Waals surface area contributed by atoms with Crippen LogP contribution in [0.1, 0.15) is 42.9 Å². The van der Waals surface area contributed by atoms with E-state index in [1.54, 1.807) is 0 Å². The molecule has 1 amide bonds. The molecule has 0 aliphatic carbocycles. The van der Waals surface area contributed by atoms with E-state index in [2.05, 4.69) is 19.7 Å². The number of aromatic nitrogens is 3. The van der Waals surface area contributed by atoms with Crippen LogP contribution in [0.3, 0.4) is 0 Å². The molecule has 8 nitrogen and oxygen atoms in total. The summed E-state index contributed by atoms with van der Waals surface area (Å²) in [5.74, 6) is 1.03. The first-order valence-electron chi connectivity index (χ1n) is 12.2. The van der Waals surface area contributed by atoms with E-state index in [1.165, 1.54) is 31.0 Å². The van der Waals surface area contributed by atoms with Gasteiger partial charge in [-0.25, -0.2) is 0 Å². The quantitative estimate of drug-likeness (QED) is 0.575. The average Bonchev–Trinajstić information content (AvgIpc) is 3.54. The highest BCUT2D eigenvalue weighted by molar-refractivity contribution is 8.00. The van der Waals surface area contributed by atoms with Gasteiger partial charge in [0.1, 0.15) is 5.25 Å². The number of thioether (sulfide) groups is 1. The van der Waals surface area contributed by atoms with Crippen molar-refractivity contribution < 1.29 is 14.3 Å². The number of benzene rings is 1. The van der Waals surface area contributed by atoms with Crippen LogP contribution in [0, 0.1) is 0 Å². The number of piperidine rings is 1. The molecule has 2 atom stereocenters. The van der Waals surface area contributed by atoms with Crippen molar-refractivity contribution in [2.24, 2.45) is 0 Å². The highest BCUT2D eigenvalue weighted by Gasteiger charge is 2.32. The highest BCUT2D eigenvalue weighted by atomic mass is 32.2. The number of hydrogen-bond donors (Lipinski definition) is 0. The Kier molecular flexibility index (Phi) is 7.48. The Bertz CT molecular complexity index is 906. The molecule has 0 N–H and O–H groups in total. The van der Waals surface area contributed by atoms with Gasteiger partial charge in [0.15, 0.2) is 5.16 Å². The Morgan fingerprint density at radius 2 is 1.79 bits per heavy atom. The van der Waals surface area contributed by atoms with Gasteiger partial charge in [-0.05, 0) is 37.7 Å². The van der Waals surface area contributed by atoms with Gasteiger partial charge in [0.25, 0.3) is 0 Å². The summed E-state index contributed by atoms with van der Waals surface area (Å²) in [6, 6.07) is 10.0. The second kappa shape index (κ2) is 10.9. The van der Waals surface area contributed by atoms with Gasteiger partial charge in [-0.2, -0.15) is 0 Å². The maximum Gasteiger partial charge on any atom is 0.240 e. The third-order valence-electron chi connectivity index (χ3n) is 6.62. The van der Waals surface area contributed by atoms with E-state index in [4.69, 9.17) is 9.47 Å². The summed E-state index contributed by atoms with van der Waals surface area (Å²) in [7, 11) is 0. The number of carbonyl (C=O) groups excluding carboxylic acids is 1. The van der Waals surface area contributed by atoms with Crippen LogP contribution < -0.4 is 4.90 Å². The summed E-state index contributed by atoms with van der Waals surface area (Å²) < 4.78 is 13.6. The minimum atomic E-state index is -0.369. The number of hydrogen-bond acceptors (Lipinski definition) is 7. The second-order valence-electron chi connectivity index (χ2n) is 8.92. The van der Waals surface area contributed by atoms with E-state index >= 15 is 0 Å². The van der Waals surface area contributed by atoms with Crippen molar-refractivity contribution in [1.29, 1.82) is 0 Å². The Hall–Kier alpha value is -2.10. The Labute approximate surface area is 199 Å². The Morgan fingerprint density at radius 1 is 1.00 bits per heavy atom. The van der Waals surface area contributed by atoms with E-state index in [9.17, 15) is 4.79 Å². The summed E-state index contributed by atoms with van der Waals surface area (Å²) in [4.78, 5) is 17.9. The summed E-state index contributed by atoms with van der Waals surface area (Å²) in [6.07, 6.45) is 5.94. The zero-order chi connectivity index (χ0) is 22.5. The molecule has 1 aromatic carbocycles. The normalized spacial score (nSPS) is 22.5. The predicted octanol–water partition coefficient (Wildman–Crippen LogP) is 3.14. The van der Waals surface area contributed by atoms with Gasteiger partial charge in [0, 0.05) is 32.8 Å². The molecule has 33 heavy (non-hydrogen) atoms. The van der Waals surface area contributed by atoms with Crippen LogP contribution in [0.4, 0.5) is 5.95 Å². The minimum absolute atomic E-state index is 0.112. The number of rotatable bonds is 7. The van der Waals surface area contributed by atoms with Crippen LogP contribution in [-0.4, -0.2) is 77.7 Å². The molecule has 3 aliphatic heterocycles. The van der Waals surface area contributed by atoms with Crippen LogP contribution >= 0.6 is 11.8 Å². The lowest BCUT2D eigenvalue weighted by atomic mass is 10.1. The lowest BCUT2D eigenvalue weighted by Crippen LogP contribution is -2.42. The fourth-order valence-corrected chi connectivity index (χ4v) is 5.92. The van der Waals surface area contributed by atoms with Crippen molar-refractivity contribution in [1.82, 2.24) is 19.7 Å². The molecule has 5 rings (SSSR count). The number of nitrogens with zero attached hydrogens (tertiary/aromatic N) is 5. The number of ether oxygens (including phenoxy) is 2. The number of morpholine rings is 1. The lowest BCUT2D eigenvalue weighted by molar-refractivity contribution is -0.134. The molecule has 0 saturated carbocycles. The second-order valence-corrected chi connectivity index (χ2v) is 9.99. The zero-order valence-corrected chi connectivity index (χ0v) is 19.9. The van der Waals surface area contributed by atoms with Crippen LogP contribution in [0.2, 0.25) is 0 Å². The van der Waals surface area contributed by atoms with Gasteiger partial charge < -0.3 is 19.3 Å². The van der Waals surface area contributed by atoms with Crippen LogP contribution in [0.5, 0.6) is 0 Å². The van der Waals surface area contributed by atoms with E-state index in [0.29, 0.717) is 26.3 Å². The molecular weight excluding hydrogens is 438 g/mol. The number of anilines is 1. The molecule has 4 heterocycles. The van der Waals surface area contributed by atoms with Crippen LogP contribution in [0.15, 0.2) is 35.5 Å². The van der Waals surface area contributed by atoms with Crippen molar-refractivity contribution in [3.63, 3.8) is 0 Å². The molecule has 2 unspecified atom stereocenters. The smallest absolute Gasteiger partial charge is 0.240 e. The maximum absolute atomic E-state index is 13.6. The molecular formula is C24H33N5O3S.